The van der Waals surface area contributed by atoms with Crippen molar-refractivity contribution in [1.82, 2.24) is 10.2 Å². The Hall–Kier alpha value is -2.13. The third kappa shape index (κ3) is 2.77. The number of hydrogen-bond donors (Lipinski definition) is 1. The molecule has 1 atom stereocenters. The van der Waals surface area contributed by atoms with E-state index < -0.39 is 11.6 Å². The summed E-state index contributed by atoms with van der Waals surface area (Å²) in [6.45, 7) is 1.54. The molecule has 1 aromatic carbocycles. The van der Waals surface area contributed by atoms with Crippen LogP contribution in [-0.2, 0) is 11.2 Å². The highest BCUT2D eigenvalue weighted by Crippen LogP contribution is 2.30. The molecule has 2 aliphatic rings. The first-order valence-electron chi connectivity index (χ1n) is 7.38. The van der Waals surface area contributed by atoms with Crippen LogP contribution in [0.3, 0.4) is 0 Å². The van der Waals surface area contributed by atoms with Crippen LogP contribution in [0.5, 0.6) is 5.75 Å². The number of carbonyl (C=O) groups is 1. The van der Waals surface area contributed by atoms with E-state index in [0.717, 1.165) is 13.1 Å². The molecular formula is C16H18FN3O2. The average Bonchev–Trinajstić information content (AvgIpc) is 2.93. The molecule has 0 bridgehead atoms. The molecule has 0 unspecified atom stereocenters. The molecule has 1 N–H and O–H groups in total. The Morgan fingerprint density at radius 2 is 2.23 bits per heavy atom. The van der Waals surface area contributed by atoms with Crippen LogP contribution in [0.25, 0.3) is 0 Å². The Kier molecular flexibility index (Phi) is 3.75. The van der Waals surface area contributed by atoms with Crippen LogP contribution >= 0.6 is 0 Å². The summed E-state index contributed by atoms with van der Waals surface area (Å²) in [7, 11) is 1.99. The number of halogens is 1. The summed E-state index contributed by atoms with van der Waals surface area (Å²) in [5.74, 6) is -0.106. The van der Waals surface area contributed by atoms with E-state index in [-0.39, 0.29) is 11.7 Å². The van der Waals surface area contributed by atoms with Crippen molar-refractivity contribution >= 4 is 5.91 Å². The van der Waals surface area contributed by atoms with Crippen LogP contribution in [0.1, 0.15) is 18.4 Å². The van der Waals surface area contributed by atoms with Gasteiger partial charge in [-0.05, 0) is 38.1 Å². The van der Waals surface area contributed by atoms with E-state index in [4.69, 9.17) is 4.74 Å². The number of benzene rings is 1. The highest BCUT2D eigenvalue weighted by molar-refractivity contribution is 5.83. The smallest absolute Gasteiger partial charge is 0.262 e. The first-order chi connectivity index (χ1) is 10.5. The lowest BCUT2D eigenvalue weighted by Gasteiger charge is -2.36. The Morgan fingerprint density at radius 3 is 2.91 bits per heavy atom. The number of nitrogens with one attached hydrogen (secondary N) is 1. The molecule has 1 fully saturated rings. The Balaban J connectivity index is 1.67. The van der Waals surface area contributed by atoms with Gasteiger partial charge >= 0.3 is 0 Å². The van der Waals surface area contributed by atoms with Crippen LogP contribution in [0, 0.1) is 17.1 Å². The highest BCUT2D eigenvalue weighted by Gasteiger charge is 2.39. The lowest BCUT2D eigenvalue weighted by atomic mass is 9.89. The molecule has 2 aliphatic heterocycles. The number of carbonyl (C=O) groups excluding carboxylic acids is 1. The number of rotatable bonds is 2. The quantitative estimate of drug-likeness (QED) is 0.892. The molecule has 0 saturated carbocycles. The molecule has 3 rings (SSSR count). The first kappa shape index (κ1) is 14.8. The molecule has 0 aliphatic carbocycles. The van der Waals surface area contributed by atoms with Gasteiger partial charge in [-0.25, -0.2) is 4.39 Å². The minimum atomic E-state index is -0.826. The van der Waals surface area contributed by atoms with Crippen LogP contribution in [0.2, 0.25) is 0 Å². The number of hydrogen-bond acceptors (Lipinski definition) is 4. The maximum absolute atomic E-state index is 13.2. The molecule has 6 heteroatoms. The van der Waals surface area contributed by atoms with Crippen LogP contribution in [0.4, 0.5) is 4.39 Å². The molecule has 1 aromatic rings. The van der Waals surface area contributed by atoms with Crippen molar-refractivity contribution in [3.63, 3.8) is 0 Å². The molecule has 116 valence electrons. The van der Waals surface area contributed by atoms with Gasteiger partial charge in [0.2, 0.25) is 0 Å². The first-order valence-corrected chi connectivity index (χ1v) is 7.38. The fourth-order valence-corrected chi connectivity index (χ4v) is 2.94. The number of likely N-dealkylation sites (tertiary alicyclic amines) is 1. The predicted molar refractivity (Wildman–Crippen MR) is 77.7 cm³/mol. The monoisotopic (exact) mass is 303 g/mol. The number of fused-ring (bicyclic) bond motifs is 1. The summed E-state index contributed by atoms with van der Waals surface area (Å²) >= 11 is 0. The molecule has 22 heavy (non-hydrogen) atoms. The van der Waals surface area contributed by atoms with Gasteiger partial charge in [-0.15, -0.1) is 0 Å². The number of piperidine rings is 1. The van der Waals surface area contributed by atoms with E-state index in [1.165, 1.54) is 18.2 Å². The molecule has 2 heterocycles. The van der Waals surface area contributed by atoms with E-state index in [2.05, 4.69) is 16.3 Å². The second-order valence-corrected chi connectivity index (χ2v) is 6.05. The van der Waals surface area contributed by atoms with Gasteiger partial charge in [-0.1, -0.05) is 0 Å². The van der Waals surface area contributed by atoms with Crippen LogP contribution in [0.15, 0.2) is 18.2 Å². The normalized spacial score (nSPS) is 23.2. The summed E-state index contributed by atoms with van der Waals surface area (Å²) in [5, 5.41) is 12.3. The van der Waals surface area contributed by atoms with E-state index in [0.29, 0.717) is 30.6 Å². The van der Waals surface area contributed by atoms with Gasteiger partial charge in [0.1, 0.15) is 17.1 Å². The fraction of sp³-hybridized carbons (Fsp3) is 0.500. The zero-order chi connectivity index (χ0) is 15.7. The summed E-state index contributed by atoms with van der Waals surface area (Å²) in [6.07, 6.45) is 0.835. The molecule has 0 radical (unpaired) electrons. The van der Waals surface area contributed by atoms with E-state index in [9.17, 15) is 14.4 Å². The summed E-state index contributed by atoms with van der Waals surface area (Å²) < 4.78 is 18.8. The largest absolute Gasteiger partial charge is 0.480 e. The second kappa shape index (κ2) is 5.58. The maximum atomic E-state index is 13.2. The minimum Gasteiger partial charge on any atom is -0.480 e. The molecule has 5 nitrogen and oxygen atoms in total. The van der Waals surface area contributed by atoms with Crippen LogP contribution in [-0.4, -0.2) is 42.6 Å². The standard InChI is InChI=1S/C16H18FN3O2/c1-20-6-4-16(10-18,5-7-20)19-15(21)14-9-11-8-12(17)2-3-13(11)22-14/h2-3,8,14H,4-7,9H2,1H3,(H,19,21)/t14-/m0/s1. The minimum absolute atomic E-state index is 0.303. The maximum Gasteiger partial charge on any atom is 0.262 e. The zero-order valence-electron chi connectivity index (χ0n) is 12.4. The summed E-state index contributed by atoms with van der Waals surface area (Å²) in [4.78, 5) is 14.5. The number of nitriles is 1. The van der Waals surface area contributed by atoms with Gasteiger partial charge in [0.25, 0.3) is 5.91 Å². The lowest BCUT2D eigenvalue weighted by Crippen LogP contribution is -2.56. The van der Waals surface area contributed by atoms with Crippen molar-refractivity contribution in [2.24, 2.45) is 0 Å². The molecule has 1 saturated heterocycles. The number of amides is 1. The highest BCUT2D eigenvalue weighted by atomic mass is 19.1. The van der Waals surface area contributed by atoms with E-state index >= 15 is 0 Å². The van der Waals surface area contributed by atoms with Crippen molar-refractivity contribution < 1.29 is 13.9 Å². The SMILES string of the molecule is CN1CCC(C#N)(NC(=O)[C@@H]2Cc3cc(F)ccc3O2)CC1. The van der Waals surface area contributed by atoms with Crippen molar-refractivity contribution in [3.05, 3.63) is 29.6 Å². The lowest BCUT2D eigenvalue weighted by molar-refractivity contribution is -0.129. The van der Waals surface area contributed by atoms with Crippen molar-refractivity contribution in [2.75, 3.05) is 20.1 Å². The fourth-order valence-electron chi connectivity index (χ4n) is 2.94. The molecule has 1 amide bonds. The third-order valence-electron chi connectivity index (χ3n) is 4.41. The third-order valence-corrected chi connectivity index (χ3v) is 4.41. The predicted octanol–water partition coefficient (Wildman–Crippen LogP) is 1.23. The molecular weight excluding hydrogens is 285 g/mol. The molecule has 0 aromatic heterocycles. The van der Waals surface area contributed by atoms with Crippen molar-refractivity contribution in [1.29, 1.82) is 5.26 Å². The Morgan fingerprint density at radius 1 is 1.50 bits per heavy atom. The number of nitrogens with zero attached hydrogens (tertiary/aromatic N) is 2. The summed E-state index contributed by atoms with van der Waals surface area (Å²) in [5.41, 5.74) is -0.137. The zero-order valence-corrected chi connectivity index (χ0v) is 12.4. The van der Waals surface area contributed by atoms with Gasteiger partial charge in [-0.3, -0.25) is 4.79 Å². The average molecular weight is 303 g/mol. The van der Waals surface area contributed by atoms with Gasteiger partial charge in [0, 0.05) is 25.1 Å². The van der Waals surface area contributed by atoms with E-state index in [1.54, 1.807) is 0 Å². The summed E-state index contributed by atoms with van der Waals surface area (Å²) in [6, 6.07) is 6.48. The second-order valence-electron chi connectivity index (χ2n) is 6.05. The van der Waals surface area contributed by atoms with Gasteiger partial charge in [0.05, 0.1) is 6.07 Å². The topological polar surface area (TPSA) is 65.4 Å². The van der Waals surface area contributed by atoms with Gasteiger partial charge < -0.3 is 15.0 Å². The van der Waals surface area contributed by atoms with Crippen LogP contribution < -0.4 is 10.1 Å². The van der Waals surface area contributed by atoms with Crippen molar-refractivity contribution in [2.45, 2.75) is 30.9 Å². The van der Waals surface area contributed by atoms with Crippen molar-refractivity contribution in [3.8, 4) is 11.8 Å². The van der Waals surface area contributed by atoms with E-state index in [1.807, 2.05) is 7.05 Å². The van der Waals surface area contributed by atoms with Gasteiger partial charge in [0.15, 0.2) is 6.10 Å². The molecule has 0 spiro atoms. The Labute approximate surface area is 128 Å². The Bertz CT molecular complexity index is 633. The number of ether oxygens (including phenoxy) is 1. The van der Waals surface area contributed by atoms with Gasteiger partial charge in [-0.2, -0.15) is 5.26 Å².